The fourth-order valence-electron chi connectivity index (χ4n) is 2.17. The number of halogens is 3. The first kappa shape index (κ1) is 20.6. The van der Waals surface area contributed by atoms with E-state index in [4.69, 9.17) is 27.6 Å². The fraction of sp³-hybridized carbons (Fsp3) is 0. The molecule has 0 aliphatic carbocycles. The third kappa shape index (κ3) is 5.21. The second kappa shape index (κ2) is 9.35. The van der Waals surface area contributed by atoms with Crippen molar-refractivity contribution in [3.05, 3.63) is 80.4 Å². The van der Waals surface area contributed by atoms with E-state index in [-0.39, 0.29) is 5.57 Å². The number of nitrogens with zero attached hydrogens (tertiary/aromatic N) is 1. The number of nitriles is 1. The Balaban J connectivity index is 1.78. The van der Waals surface area contributed by atoms with Crippen LogP contribution in [0.4, 0.5) is 5.69 Å². The van der Waals surface area contributed by atoms with Crippen molar-refractivity contribution in [1.82, 2.24) is 0 Å². The van der Waals surface area contributed by atoms with Crippen LogP contribution >= 0.6 is 50.9 Å². The van der Waals surface area contributed by atoms with Gasteiger partial charge in [-0.05, 0) is 52.3 Å². The summed E-state index contributed by atoms with van der Waals surface area (Å²) in [5.74, 6) is -0.197. The van der Waals surface area contributed by atoms with Gasteiger partial charge in [-0.15, -0.1) is 0 Å². The summed E-state index contributed by atoms with van der Waals surface area (Å²) in [5.41, 5.74) is 0.324. The molecule has 0 saturated heterocycles. The lowest BCUT2D eigenvalue weighted by molar-refractivity contribution is -0.112. The lowest BCUT2D eigenvalue weighted by Gasteiger charge is -2.05. The summed E-state index contributed by atoms with van der Waals surface area (Å²) in [6.45, 7) is 0. The maximum Gasteiger partial charge on any atom is 0.266 e. The maximum atomic E-state index is 12.4. The second-order valence-electron chi connectivity index (χ2n) is 5.45. The van der Waals surface area contributed by atoms with Crippen LogP contribution < -0.4 is 5.32 Å². The van der Waals surface area contributed by atoms with E-state index in [0.29, 0.717) is 26.6 Å². The Bertz CT molecular complexity index is 1090. The first-order valence-electron chi connectivity index (χ1n) is 7.86. The standard InChI is InChI=1S/C20H11BrCl2N2O2S/c21-16-10-14(27-20(16)28-15-4-2-1-3-5-15)8-12(11-24)19(26)25-13-6-7-17(22)18(23)9-13/h1-10H,(H,25,26)/b12-8-. The molecule has 0 spiro atoms. The number of benzene rings is 2. The van der Waals surface area contributed by atoms with Crippen molar-refractivity contribution in [3.63, 3.8) is 0 Å². The number of amides is 1. The Labute approximate surface area is 184 Å². The summed E-state index contributed by atoms with van der Waals surface area (Å²) in [7, 11) is 0. The summed E-state index contributed by atoms with van der Waals surface area (Å²) in [6.07, 6.45) is 1.38. The average molecular weight is 494 g/mol. The van der Waals surface area contributed by atoms with Crippen molar-refractivity contribution in [3.8, 4) is 6.07 Å². The Hall–Kier alpha value is -2.17. The lowest BCUT2D eigenvalue weighted by atomic mass is 10.2. The van der Waals surface area contributed by atoms with Crippen LogP contribution in [0.25, 0.3) is 6.08 Å². The van der Waals surface area contributed by atoms with E-state index in [9.17, 15) is 10.1 Å². The van der Waals surface area contributed by atoms with Gasteiger partial charge in [-0.3, -0.25) is 4.79 Å². The van der Waals surface area contributed by atoms with Gasteiger partial charge in [-0.25, -0.2) is 0 Å². The van der Waals surface area contributed by atoms with Gasteiger partial charge in [0.1, 0.15) is 17.4 Å². The molecule has 0 aliphatic rings. The second-order valence-corrected chi connectivity index (χ2v) is 8.17. The van der Waals surface area contributed by atoms with E-state index in [1.165, 1.54) is 23.9 Å². The van der Waals surface area contributed by atoms with Crippen molar-refractivity contribution < 1.29 is 9.21 Å². The Morgan fingerprint density at radius 3 is 2.57 bits per heavy atom. The Morgan fingerprint density at radius 1 is 1.14 bits per heavy atom. The van der Waals surface area contributed by atoms with E-state index in [1.807, 2.05) is 36.4 Å². The van der Waals surface area contributed by atoms with Crippen molar-refractivity contribution in [2.45, 2.75) is 9.99 Å². The van der Waals surface area contributed by atoms with E-state index < -0.39 is 5.91 Å². The molecule has 1 heterocycles. The van der Waals surface area contributed by atoms with Gasteiger partial charge in [0, 0.05) is 16.7 Å². The van der Waals surface area contributed by atoms with Gasteiger partial charge in [0.2, 0.25) is 0 Å². The van der Waals surface area contributed by atoms with E-state index >= 15 is 0 Å². The largest absolute Gasteiger partial charge is 0.449 e. The molecule has 1 N–H and O–H groups in total. The molecule has 1 amide bonds. The van der Waals surface area contributed by atoms with E-state index in [2.05, 4.69) is 21.2 Å². The molecule has 3 aromatic rings. The molecule has 0 atom stereocenters. The maximum absolute atomic E-state index is 12.4. The van der Waals surface area contributed by atoms with Crippen LogP contribution in [0.15, 0.2) is 79.0 Å². The number of carbonyl (C=O) groups is 1. The molecule has 2 aromatic carbocycles. The smallest absolute Gasteiger partial charge is 0.266 e. The van der Waals surface area contributed by atoms with Crippen molar-refractivity contribution >= 4 is 68.6 Å². The first-order chi connectivity index (χ1) is 13.5. The number of rotatable bonds is 5. The number of nitrogens with one attached hydrogen (secondary N) is 1. The topological polar surface area (TPSA) is 66.0 Å². The van der Waals surface area contributed by atoms with Crippen LogP contribution in [-0.2, 0) is 4.79 Å². The predicted octanol–water partition coefficient (Wildman–Crippen LogP) is 7.05. The Morgan fingerprint density at radius 2 is 1.89 bits per heavy atom. The number of furan rings is 1. The van der Waals surface area contributed by atoms with Gasteiger partial charge in [0.25, 0.3) is 5.91 Å². The minimum Gasteiger partial charge on any atom is -0.449 e. The van der Waals surface area contributed by atoms with Gasteiger partial charge in [0.15, 0.2) is 5.09 Å². The molecule has 1 aromatic heterocycles. The van der Waals surface area contributed by atoms with Gasteiger partial charge in [0.05, 0.1) is 14.5 Å². The molecule has 0 fully saturated rings. The molecule has 3 rings (SSSR count). The fourth-order valence-corrected chi connectivity index (χ4v) is 3.82. The third-order valence-corrected chi connectivity index (χ3v) is 6.04. The number of hydrogen-bond acceptors (Lipinski definition) is 4. The highest BCUT2D eigenvalue weighted by molar-refractivity contribution is 9.10. The average Bonchev–Trinajstić information content (AvgIpc) is 3.02. The van der Waals surface area contributed by atoms with Crippen molar-refractivity contribution in [1.29, 1.82) is 5.26 Å². The molecule has 28 heavy (non-hydrogen) atoms. The molecular formula is C20H11BrCl2N2O2S. The van der Waals surface area contributed by atoms with Gasteiger partial charge < -0.3 is 9.73 Å². The molecule has 0 bridgehead atoms. The van der Waals surface area contributed by atoms with Gasteiger partial charge in [-0.1, -0.05) is 53.2 Å². The highest BCUT2D eigenvalue weighted by Crippen LogP contribution is 2.36. The summed E-state index contributed by atoms with van der Waals surface area (Å²) < 4.78 is 6.49. The van der Waals surface area contributed by atoms with E-state index in [0.717, 1.165) is 9.37 Å². The molecule has 140 valence electrons. The minimum absolute atomic E-state index is 0.108. The van der Waals surface area contributed by atoms with Crippen molar-refractivity contribution in [2.24, 2.45) is 0 Å². The quantitative estimate of drug-likeness (QED) is 0.305. The highest BCUT2D eigenvalue weighted by atomic mass is 79.9. The molecule has 4 nitrogen and oxygen atoms in total. The van der Waals surface area contributed by atoms with Crippen molar-refractivity contribution in [2.75, 3.05) is 5.32 Å². The van der Waals surface area contributed by atoms with Crippen LogP contribution in [0, 0.1) is 11.3 Å². The summed E-state index contributed by atoms with van der Waals surface area (Å²) in [4.78, 5) is 13.4. The predicted molar refractivity (Wildman–Crippen MR) is 116 cm³/mol. The zero-order valence-electron chi connectivity index (χ0n) is 14.1. The SMILES string of the molecule is N#C/C(=C/c1cc(Br)c(Sc2ccccc2)o1)C(=O)Nc1ccc(Cl)c(Cl)c1. The molecule has 8 heteroatoms. The molecular weight excluding hydrogens is 483 g/mol. The Kier molecular flexibility index (Phi) is 6.87. The van der Waals surface area contributed by atoms with Gasteiger partial charge in [-0.2, -0.15) is 5.26 Å². The third-order valence-electron chi connectivity index (χ3n) is 3.46. The van der Waals surface area contributed by atoms with E-state index in [1.54, 1.807) is 18.2 Å². The van der Waals surface area contributed by atoms with Crippen LogP contribution in [0.1, 0.15) is 5.76 Å². The highest BCUT2D eigenvalue weighted by Gasteiger charge is 2.14. The number of carbonyl (C=O) groups excluding carboxylic acids is 1. The van der Waals surface area contributed by atoms with Crippen LogP contribution in [0.5, 0.6) is 0 Å². The van der Waals surface area contributed by atoms with Crippen LogP contribution in [-0.4, -0.2) is 5.91 Å². The monoisotopic (exact) mass is 492 g/mol. The first-order valence-corrected chi connectivity index (χ1v) is 10.2. The molecule has 0 radical (unpaired) electrons. The summed E-state index contributed by atoms with van der Waals surface area (Å²) in [6, 6.07) is 18.0. The number of hydrogen-bond donors (Lipinski definition) is 1. The molecule has 0 saturated carbocycles. The lowest BCUT2D eigenvalue weighted by Crippen LogP contribution is -2.13. The molecule has 0 aliphatic heterocycles. The number of anilines is 1. The minimum atomic E-state index is -0.578. The van der Waals surface area contributed by atoms with Crippen LogP contribution in [0.2, 0.25) is 10.0 Å². The summed E-state index contributed by atoms with van der Waals surface area (Å²) in [5, 5.41) is 13.3. The zero-order valence-corrected chi connectivity index (χ0v) is 18.0. The summed E-state index contributed by atoms with van der Waals surface area (Å²) >= 11 is 16.7. The zero-order chi connectivity index (χ0) is 20.1. The molecule has 0 unspecified atom stereocenters. The van der Waals surface area contributed by atoms with Gasteiger partial charge >= 0.3 is 0 Å². The normalized spacial score (nSPS) is 11.1. The van der Waals surface area contributed by atoms with Crippen LogP contribution in [0.3, 0.4) is 0 Å².